The molecule has 2 fully saturated rings. The van der Waals surface area contributed by atoms with Crippen molar-refractivity contribution in [1.82, 2.24) is 33.2 Å². The summed E-state index contributed by atoms with van der Waals surface area (Å²) in [6, 6.07) is 27.5. The minimum atomic E-state index is -3.52. The van der Waals surface area contributed by atoms with Gasteiger partial charge in [0.2, 0.25) is 10.0 Å². The molecule has 0 radical (unpaired) electrons. The second kappa shape index (κ2) is 33.2. The Kier molecular flexibility index (Phi) is 24.0. The molecule has 0 amide bonds. The number of primary sulfonamides is 1. The maximum Gasteiger partial charge on any atom is 0.279 e. The van der Waals surface area contributed by atoms with E-state index >= 15 is 0 Å². The zero-order valence-electron chi connectivity index (χ0n) is 63.6. The fourth-order valence-corrected chi connectivity index (χ4v) is 17.3. The number of hydrogen-bond donors (Lipinski definition) is 3. The quantitative estimate of drug-likeness (QED) is 0.0924. The van der Waals surface area contributed by atoms with E-state index in [4.69, 9.17) is 59.7 Å². The van der Waals surface area contributed by atoms with Gasteiger partial charge < -0.3 is 28.5 Å². The lowest BCUT2D eigenvalue weighted by molar-refractivity contribution is 0.111. The Morgan fingerprint density at radius 3 is 1.53 bits per heavy atom. The number of rotatable bonds is 13. The molecule has 0 saturated heterocycles. The van der Waals surface area contributed by atoms with Crippen molar-refractivity contribution in [2.24, 2.45) is 5.14 Å². The lowest BCUT2D eigenvalue weighted by Crippen LogP contribution is -2.40. The molecule has 13 aromatic rings. The summed E-state index contributed by atoms with van der Waals surface area (Å²) in [5.41, 5.74) is 19.6. The Hall–Kier alpha value is -10.7. The van der Waals surface area contributed by atoms with Gasteiger partial charge in [-0.2, -0.15) is 5.26 Å². The van der Waals surface area contributed by atoms with E-state index in [2.05, 4.69) is 57.0 Å². The number of sulfonamides is 1. The summed E-state index contributed by atoms with van der Waals surface area (Å²) < 4.78 is 97.9. The summed E-state index contributed by atoms with van der Waals surface area (Å²) in [5, 5.41) is 38.1. The molecular formula is C87H80Cl3F3N12O6S2. The van der Waals surface area contributed by atoms with Gasteiger partial charge in [-0.25, -0.2) is 49.7 Å². The van der Waals surface area contributed by atoms with Crippen LogP contribution in [0.15, 0.2) is 146 Å². The number of aliphatic hydroxyl groups is 2. The average molecular weight is 1620 g/mol. The largest absolute Gasteiger partial charge is 0.396 e. The van der Waals surface area contributed by atoms with Crippen LogP contribution in [0.2, 0.25) is 15.1 Å². The fraction of sp³-hybridized carbons (Fsp3) is 0.276. The number of alkyl halides is 2. The molecule has 2 saturated carbocycles. The second-order valence-electron chi connectivity index (χ2n) is 29.1. The van der Waals surface area contributed by atoms with Gasteiger partial charge in [-0.15, -0.1) is 0 Å². The third-order valence-electron chi connectivity index (χ3n) is 21.6. The molecule has 2 aliphatic carbocycles. The number of nitrogens with zero attached hydrogens (tertiary/aromatic N) is 11. The van der Waals surface area contributed by atoms with Gasteiger partial charge >= 0.3 is 0 Å². The van der Waals surface area contributed by atoms with Crippen molar-refractivity contribution in [3.63, 3.8) is 0 Å². The Balaban J connectivity index is 0.000000140. The lowest BCUT2D eigenvalue weighted by atomic mass is 9.92. The minimum absolute atomic E-state index is 0.0364. The van der Waals surface area contributed by atoms with E-state index in [1.54, 1.807) is 81.2 Å². The van der Waals surface area contributed by atoms with Crippen LogP contribution in [0.4, 0.5) is 30.2 Å². The highest BCUT2D eigenvalue weighted by molar-refractivity contribution is 7.90. The zero-order chi connectivity index (χ0) is 81.6. The van der Waals surface area contributed by atoms with Crippen LogP contribution in [0, 0.1) is 99.2 Å². The van der Waals surface area contributed by atoms with Crippen molar-refractivity contribution in [3.8, 4) is 56.3 Å². The number of nitriles is 1. The van der Waals surface area contributed by atoms with Crippen LogP contribution in [0.25, 0.3) is 108 Å². The van der Waals surface area contributed by atoms with Gasteiger partial charge in [-0.05, 0) is 252 Å². The van der Waals surface area contributed by atoms with Gasteiger partial charge in [0.05, 0.1) is 73.9 Å². The Labute approximate surface area is 669 Å². The van der Waals surface area contributed by atoms with Crippen LogP contribution in [0.3, 0.4) is 0 Å². The summed E-state index contributed by atoms with van der Waals surface area (Å²) in [5.74, 6) is -0.230. The summed E-state index contributed by atoms with van der Waals surface area (Å²) in [6.45, 7) is 39.6. The van der Waals surface area contributed by atoms with E-state index in [0.717, 1.165) is 131 Å². The molecule has 15 rings (SSSR count). The number of nitrogens with two attached hydrogens (primary N) is 1. The molecule has 18 nitrogen and oxygen atoms in total. The smallest absolute Gasteiger partial charge is 0.279 e. The highest BCUT2D eigenvalue weighted by atomic mass is 35.5. The number of fused-ring (bicyclic) bond motifs is 4. The Morgan fingerprint density at radius 2 is 1.04 bits per heavy atom. The number of pyridine rings is 3. The van der Waals surface area contributed by atoms with Crippen LogP contribution >= 0.6 is 34.8 Å². The van der Waals surface area contributed by atoms with Crippen molar-refractivity contribution >= 4 is 115 Å². The number of halogens is 6. The van der Waals surface area contributed by atoms with E-state index < -0.39 is 31.5 Å². The van der Waals surface area contributed by atoms with E-state index in [1.807, 2.05) is 102 Å². The number of hydrogen-bond acceptors (Lipinski definition) is 10. The van der Waals surface area contributed by atoms with E-state index in [-0.39, 0.29) is 53.3 Å². The summed E-state index contributed by atoms with van der Waals surface area (Å²) >= 11 is 19.6. The summed E-state index contributed by atoms with van der Waals surface area (Å²) in [6.07, 6.45) is 18.8. The maximum absolute atomic E-state index is 14.9. The lowest BCUT2D eigenvalue weighted by Gasteiger charge is -2.35. The highest BCUT2D eigenvalue weighted by Crippen LogP contribution is 2.48. The third kappa shape index (κ3) is 16.2. The van der Waals surface area contributed by atoms with Crippen molar-refractivity contribution in [2.75, 3.05) is 12.9 Å². The molecule has 26 heteroatoms. The molecular weight excluding hydrogens is 1540 g/mol. The second-order valence-corrected chi connectivity index (χ2v) is 34.1. The number of aryl methyl sites for hydroxylation is 9. The normalized spacial score (nSPS) is 15.5. The van der Waals surface area contributed by atoms with Crippen LogP contribution in [-0.2, 0) is 26.4 Å². The summed E-state index contributed by atoms with van der Waals surface area (Å²) in [7, 11) is -6.80. The number of aliphatic hydroxyl groups excluding tert-OH is 2. The van der Waals surface area contributed by atoms with Gasteiger partial charge in [0.1, 0.15) is 5.82 Å². The predicted octanol–water partition coefficient (Wildman–Crippen LogP) is 22.0. The van der Waals surface area contributed by atoms with Crippen molar-refractivity contribution in [1.29, 1.82) is 5.26 Å². The predicted molar refractivity (Wildman–Crippen MR) is 444 cm³/mol. The molecule has 0 aliphatic heterocycles. The van der Waals surface area contributed by atoms with Crippen LogP contribution < -0.4 is 5.14 Å². The maximum atomic E-state index is 14.9. The van der Waals surface area contributed by atoms with Crippen molar-refractivity contribution < 1.29 is 40.2 Å². The molecule has 113 heavy (non-hydrogen) atoms. The summed E-state index contributed by atoms with van der Waals surface area (Å²) in [4.78, 5) is 23.9. The molecule has 7 heterocycles. The minimum Gasteiger partial charge on any atom is -0.396 e. The van der Waals surface area contributed by atoms with Gasteiger partial charge in [0, 0.05) is 159 Å². The van der Waals surface area contributed by atoms with Crippen LogP contribution in [0.5, 0.6) is 0 Å². The SMILES string of the molecule is Cc1cc2c(cc1C#N)c(-c1cncc(C)c1Cl)c(C(F)F)n2CCCO.[C-]#[N+]c1cc2c(-c3c(F)ccc(C)c3C)cn(C3CCC(O)CC3)c2cc1C.[C-]#[N+]c1cc2c(-c3cncc(C)c3Cl)cn(-c3ccc(S(C)(=O)=O)cc3)c2cc1C.[C-]#[N+]c1cc2c(-c3cncc(C)c3Cl)cn(C3CC(S(N)(=O)=O)C3)c2cc1C. The average Bonchev–Trinajstić information content (AvgIpc) is 1.61. The first-order valence-electron chi connectivity index (χ1n) is 36.3. The first-order chi connectivity index (χ1) is 53.7. The van der Waals surface area contributed by atoms with Crippen LogP contribution in [-0.4, -0.2) is 84.5 Å². The highest BCUT2D eigenvalue weighted by Gasteiger charge is 2.39. The van der Waals surface area contributed by atoms with E-state index in [0.29, 0.717) is 90.1 Å². The zero-order valence-corrected chi connectivity index (χ0v) is 67.5. The molecule has 0 unspecified atom stereocenters. The van der Waals surface area contributed by atoms with Gasteiger partial charge in [0.25, 0.3) is 6.43 Å². The van der Waals surface area contributed by atoms with Crippen molar-refractivity contribution in [2.45, 2.75) is 149 Å². The molecule has 0 bridgehead atoms. The van der Waals surface area contributed by atoms with Crippen LogP contribution in [0.1, 0.15) is 125 Å². The molecule has 4 N–H and O–H groups in total. The molecule has 0 atom stereocenters. The van der Waals surface area contributed by atoms with Gasteiger partial charge in [0.15, 0.2) is 26.9 Å². The standard InChI is InChI=1S/C24H25FN2O.C23H18ClN3O2S.C20H18ClF2N3O.C20H19ClN4O2S/c1-14-5-10-21(25)24(16(14)3)20-13-27(17-6-8-18(28)9-7-17)23-11-15(2)22(26-4)12-19(20)23;1-14-9-22-18(10-21(14)25-3)20(19-12-26-11-15(2)23(19)24)13-27(22)16-5-7-17(8-6-16)30(4,28)29;1-11-6-16-14(7-13(11)8-24)17(15-10-25-9-12(2)18(15)21)19(20(22)23)26(16)4-3-5-27;1-11-4-19-15(7-18(11)23-3)17(16-9-24-8-12(2)20(16)21)10-25(19)13-5-14(6-13)28(22,26)27/h5,10-13,17-18,28H,6-9H2,1-3H3;5-13H,1-2,4H3;6-7,9-10,20,27H,3-5H2,1-2H3;4,7-10,13-14H,5-6H2,1-2H3,(H2,22,26,27). The monoisotopic (exact) mass is 1610 g/mol. The van der Waals surface area contributed by atoms with Gasteiger partial charge in [-0.3, -0.25) is 15.0 Å². The van der Waals surface area contributed by atoms with E-state index in [9.17, 15) is 45.5 Å². The molecule has 0 spiro atoms. The molecule has 7 aromatic heterocycles. The molecule has 2 aliphatic rings. The number of benzene rings is 6. The van der Waals surface area contributed by atoms with Gasteiger partial charge in [-0.1, -0.05) is 40.9 Å². The van der Waals surface area contributed by atoms with Crippen molar-refractivity contribution in [3.05, 3.63) is 257 Å². The Morgan fingerprint density at radius 1 is 0.566 bits per heavy atom. The topological polar surface area (TPSA) is 230 Å². The fourth-order valence-electron chi connectivity index (χ4n) is 15.1. The number of sulfone groups is 1. The first kappa shape index (κ1) is 81.8. The van der Waals surface area contributed by atoms with E-state index in [1.165, 1.54) is 23.1 Å². The molecule has 6 aromatic carbocycles. The molecule has 578 valence electrons. The third-order valence-corrected chi connectivity index (χ3v) is 25.5. The Bertz CT molecular complexity index is 6390. The number of aromatic nitrogens is 7. The first-order valence-corrected chi connectivity index (χ1v) is 41.0.